The topological polar surface area (TPSA) is 90.9 Å². The van der Waals surface area contributed by atoms with Crippen LogP contribution in [-0.2, 0) is 0 Å². The Kier molecular flexibility index (Phi) is 4.23. The van der Waals surface area contributed by atoms with Crippen LogP contribution in [0.25, 0.3) is 0 Å². The third kappa shape index (κ3) is 3.49. The first-order chi connectivity index (χ1) is 9.58. The molecule has 4 N–H and O–H groups in total. The predicted molar refractivity (Wildman–Crippen MR) is 82.4 cm³/mol. The monoisotopic (exact) mass is 330 g/mol. The lowest BCUT2D eigenvalue weighted by Crippen LogP contribution is -2.19. The van der Waals surface area contributed by atoms with Crippen LogP contribution in [0.4, 0.5) is 21.9 Å². The molecule has 0 bridgehead atoms. The van der Waals surface area contributed by atoms with Crippen LogP contribution < -0.4 is 16.4 Å². The highest BCUT2D eigenvalue weighted by Crippen LogP contribution is 2.24. The van der Waals surface area contributed by atoms with Gasteiger partial charge in [-0.05, 0) is 58.4 Å². The van der Waals surface area contributed by atoms with Gasteiger partial charge in [-0.2, -0.15) is 5.26 Å². The van der Waals surface area contributed by atoms with Gasteiger partial charge in [0.15, 0.2) is 0 Å². The summed E-state index contributed by atoms with van der Waals surface area (Å²) in [5, 5.41) is 14.1. The number of halogens is 1. The van der Waals surface area contributed by atoms with Gasteiger partial charge in [0.1, 0.15) is 0 Å². The van der Waals surface area contributed by atoms with Gasteiger partial charge < -0.3 is 16.4 Å². The van der Waals surface area contributed by atoms with E-state index in [0.717, 1.165) is 0 Å². The Morgan fingerprint density at radius 2 is 1.85 bits per heavy atom. The summed E-state index contributed by atoms with van der Waals surface area (Å²) in [5.41, 5.74) is 7.99. The fourth-order valence-electron chi connectivity index (χ4n) is 1.55. The molecule has 100 valence electrons. The minimum absolute atomic E-state index is 0.375. The molecule has 5 nitrogen and oxygen atoms in total. The molecule has 0 saturated heterocycles. The number of nitrogens with one attached hydrogen (secondary N) is 2. The SMILES string of the molecule is N#Cc1ccc(NC(=O)Nc2ccc(N)cc2Br)cc1. The van der Waals surface area contributed by atoms with Crippen LogP contribution >= 0.6 is 15.9 Å². The third-order valence-corrected chi connectivity index (χ3v) is 3.17. The summed E-state index contributed by atoms with van der Waals surface area (Å²) >= 11 is 3.32. The zero-order chi connectivity index (χ0) is 14.5. The minimum Gasteiger partial charge on any atom is -0.399 e. The van der Waals surface area contributed by atoms with Crippen LogP contribution in [0, 0.1) is 11.3 Å². The molecule has 0 aliphatic rings. The van der Waals surface area contributed by atoms with Gasteiger partial charge in [-0.1, -0.05) is 0 Å². The van der Waals surface area contributed by atoms with Crippen molar-refractivity contribution in [2.24, 2.45) is 0 Å². The fourth-order valence-corrected chi connectivity index (χ4v) is 2.04. The number of nitriles is 1. The Bertz CT molecular complexity index is 677. The summed E-state index contributed by atoms with van der Waals surface area (Å²) in [7, 11) is 0. The summed E-state index contributed by atoms with van der Waals surface area (Å²) in [4.78, 5) is 11.8. The Morgan fingerprint density at radius 1 is 1.15 bits per heavy atom. The number of anilines is 3. The fraction of sp³-hybridized carbons (Fsp3) is 0. The van der Waals surface area contributed by atoms with Crippen molar-refractivity contribution in [3.63, 3.8) is 0 Å². The predicted octanol–water partition coefficient (Wildman–Crippen LogP) is 3.55. The van der Waals surface area contributed by atoms with Crippen molar-refractivity contribution in [1.82, 2.24) is 0 Å². The van der Waals surface area contributed by atoms with E-state index in [1.165, 1.54) is 0 Å². The van der Waals surface area contributed by atoms with Crippen LogP contribution in [0.5, 0.6) is 0 Å². The quantitative estimate of drug-likeness (QED) is 0.735. The number of nitrogen functional groups attached to an aromatic ring is 1. The van der Waals surface area contributed by atoms with Crippen LogP contribution in [0.3, 0.4) is 0 Å². The second-order valence-electron chi connectivity index (χ2n) is 4.01. The van der Waals surface area contributed by atoms with Crippen LogP contribution in [-0.4, -0.2) is 6.03 Å². The number of hydrogen-bond acceptors (Lipinski definition) is 3. The van der Waals surface area contributed by atoms with Gasteiger partial charge in [-0.25, -0.2) is 4.79 Å². The zero-order valence-electron chi connectivity index (χ0n) is 10.4. The minimum atomic E-state index is -0.375. The molecule has 2 amide bonds. The van der Waals surface area contributed by atoms with E-state index in [1.807, 2.05) is 6.07 Å². The average molecular weight is 331 g/mol. The van der Waals surface area contributed by atoms with E-state index in [9.17, 15) is 4.79 Å². The number of carbonyl (C=O) groups is 1. The largest absolute Gasteiger partial charge is 0.399 e. The molecule has 0 aliphatic heterocycles. The van der Waals surface area contributed by atoms with Gasteiger partial charge in [-0.15, -0.1) is 0 Å². The Labute approximate surface area is 124 Å². The molecule has 0 radical (unpaired) electrons. The molecule has 6 heteroatoms. The molecule has 0 spiro atoms. The normalized spacial score (nSPS) is 9.60. The standard InChI is InChI=1S/C14H11BrN4O/c15-12-7-10(17)3-6-13(12)19-14(20)18-11-4-1-9(8-16)2-5-11/h1-7H,17H2,(H2,18,19,20). The molecule has 20 heavy (non-hydrogen) atoms. The van der Waals surface area contributed by atoms with Gasteiger partial charge in [0.05, 0.1) is 17.3 Å². The van der Waals surface area contributed by atoms with E-state index >= 15 is 0 Å². The Balaban J connectivity index is 2.03. The molecule has 0 aliphatic carbocycles. The van der Waals surface area contributed by atoms with Crippen LogP contribution in [0.1, 0.15) is 5.56 Å². The van der Waals surface area contributed by atoms with E-state index < -0.39 is 0 Å². The van der Waals surface area contributed by atoms with Gasteiger partial charge in [0.2, 0.25) is 0 Å². The van der Waals surface area contributed by atoms with Gasteiger partial charge in [0, 0.05) is 15.8 Å². The highest BCUT2D eigenvalue weighted by atomic mass is 79.9. The number of amides is 2. The summed E-state index contributed by atoms with van der Waals surface area (Å²) in [6.45, 7) is 0. The van der Waals surface area contributed by atoms with E-state index in [-0.39, 0.29) is 6.03 Å². The van der Waals surface area contributed by atoms with Crippen molar-refractivity contribution in [1.29, 1.82) is 5.26 Å². The van der Waals surface area contributed by atoms with Gasteiger partial charge >= 0.3 is 6.03 Å². The Hall–Kier alpha value is -2.52. The maximum absolute atomic E-state index is 11.8. The maximum Gasteiger partial charge on any atom is 0.323 e. The molecule has 2 rings (SSSR count). The molecule has 0 atom stereocenters. The molecule has 0 aromatic heterocycles. The molecule has 2 aromatic rings. The molecule has 2 aromatic carbocycles. The number of carbonyl (C=O) groups excluding carboxylic acids is 1. The molecular formula is C14H11BrN4O. The number of benzene rings is 2. The first-order valence-electron chi connectivity index (χ1n) is 5.71. The maximum atomic E-state index is 11.8. The van der Waals surface area contributed by atoms with Crippen molar-refractivity contribution in [2.45, 2.75) is 0 Å². The molecule has 0 unspecified atom stereocenters. The van der Waals surface area contributed by atoms with E-state index in [1.54, 1.807) is 42.5 Å². The van der Waals surface area contributed by atoms with Crippen molar-refractivity contribution >= 4 is 39.0 Å². The zero-order valence-corrected chi connectivity index (χ0v) is 11.9. The lowest BCUT2D eigenvalue weighted by atomic mass is 10.2. The molecule has 0 saturated carbocycles. The van der Waals surface area contributed by atoms with Crippen molar-refractivity contribution in [2.75, 3.05) is 16.4 Å². The lowest BCUT2D eigenvalue weighted by Gasteiger charge is -2.09. The third-order valence-electron chi connectivity index (χ3n) is 2.51. The molecule has 0 heterocycles. The number of nitrogens with two attached hydrogens (primary N) is 1. The second kappa shape index (κ2) is 6.08. The number of nitrogens with zero attached hydrogens (tertiary/aromatic N) is 1. The summed E-state index contributed by atoms with van der Waals surface area (Å²) in [6, 6.07) is 13.3. The van der Waals surface area contributed by atoms with Crippen molar-refractivity contribution in [3.05, 3.63) is 52.5 Å². The second-order valence-corrected chi connectivity index (χ2v) is 4.86. The number of rotatable bonds is 2. The molecular weight excluding hydrogens is 320 g/mol. The number of urea groups is 1. The number of hydrogen-bond donors (Lipinski definition) is 3. The highest BCUT2D eigenvalue weighted by molar-refractivity contribution is 9.10. The first-order valence-corrected chi connectivity index (χ1v) is 6.51. The lowest BCUT2D eigenvalue weighted by molar-refractivity contribution is 0.262. The van der Waals surface area contributed by atoms with Crippen LogP contribution in [0.2, 0.25) is 0 Å². The van der Waals surface area contributed by atoms with Crippen molar-refractivity contribution < 1.29 is 4.79 Å². The van der Waals surface area contributed by atoms with E-state index in [4.69, 9.17) is 11.0 Å². The summed E-state index contributed by atoms with van der Waals surface area (Å²) < 4.78 is 0.701. The van der Waals surface area contributed by atoms with Crippen LogP contribution in [0.15, 0.2) is 46.9 Å². The van der Waals surface area contributed by atoms with E-state index in [0.29, 0.717) is 27.1 Å². The summed E-state index contributed by atoms with van der Waals surface area (Å²) in [6.07, 6.45) is 0. The van der Waals surface area contributed by atoms with Crippen molar-refractivity contribution in [3.8, 4) is 6.07 Å². The summed E-state index contributed by atoms with van der Waals surface area (Å²) in [5.74, 6) is 0. The smallest absolute Gasteiger partial charge is 0.323 e. The Morgan fingerprint density at radius 3 is 2.45 bits per heavy atom. The highest BCUT2D eigenvalue weighted by Gasteiger charge is 2.06. The van der Waals surface area contributed by atoms with E-state index in [2.05, 4.69) is 26.6 Å². The molecule has 0 fully saturated rings. The average Bonchev–Trinajstić information content (AvgIpc) is 2.43. The first kappa shape index (κ1) is 13.9. The van der Waals surface area contributed by atoms with Gasteiger partial charge in [0.25, 0.3) is 0 Å². The van der Waals surface area contributed by atoms with Gasteiger partial charge in [-0.3, -0.25) is 0 Å².